The molecule has 8 nitrogen and oxygen atoms in total. The van der Waals surface area contributed by atoms with E-state index in [4.69, 9.17) is 14.7 Å². The maximum absolute atomic E-state index is 12.7. The van der Waals surface area contributed by atoms with E-state index in [9.17, 15) is 4.79 Å². The fraction of sp³-hybridized carbons (Fsp3) is 0.368. The summed E-state index contributed by atoms with van der Waals surface area (Å²) in [5, 5.41) is 20.3. The number of hydrogen-bond acceptors (Lipinski definition) is 7. The Bertz CT molecular complexity index is 862. The first-order chi connectivity index (χ1) is 13.2. The second kappa shape index (κ2) is 7.31. The van der Waals surface area contributed by atoms with Gasteiger partial charge in [-0.2, -0.15) is 5.26 Å². The number of nitrogens with zero attached hydrogens (tertiary/aromatic N) is 4. The number of ether oxygens (including phenoxy) is 2. The first kappa shape index (κ1) is 17.4. The number of nitriles is 1. The van der Waals surface area contributed by atoms with Crippen molar-refractivity contribution in [2.24, 2.45) is 0 Å². The molecule has 3 heterocycles. The molecule has 27 heavy (non-hydrogen) atoms. The van der Waals surface area contributed by atoms with Crippen molar-refractivity contribution in [3.63, 3.8) is 0 Å². The Kier molecular flexibility index (Phi) is 4.71. The Morgan fingerprint density at radius 1 is 1.11 bits per heavy atom. The molecular formula is C19H19N5O3. The van der Waals surface area contributed by atoms with Crippen LogP contribution in [0.5, 0.6) is 0 Å². The molecule has 0 aliphatic carbocycles. The number of nitrogens with one attached hydrogen (secondary N) is 1. The summed E-state index contributed by atoms with van der Waals surface area (Å²) >= 11 is 0. The van der Waals surface area contributed by atoms with Crippen molar-refractivity contribution in [2.75, 3.05) is 31.6 Å². The Labute approximate surface area is 156 Å². The van der Waals surface area contributed by atoms with Crippen LogP contribution in [0.1, 0.15) is 28.9 Å². The summed E-state index contributed by atoms with van der Waals surface area (Å²) in [6.07, 6.45) is 1.33. The smallest absolute Gasteiger partial charge is 0.274 e. The molecule has 2 aliphatic heterocycles. The van der Waals surface area contributed by atoms with Crippen LogP contribution in [0.15, 0.2) is 36.4 Å². The molecule has 1 spiro atoms. The molecule has 4 rings (SSSR count). The quantitative estimate of drug-likeness (QED) is 0.888. The highest BCUT2D eigenvalue weighted by Gasteiger charge is 2.41. The number of anilines is 2. The molecule has 8 heteroatoms. The first-order valence-corrected chi connectivity index (χ1v) is 8.86. The van der Waals surface area contributed by atoms with Gasteiger partial charge in [-0.1, -0.05) is 12.1 Å². The molecule has 0 unspecified atom stereocenters. The minimum Gasteiger partial charge on any atom is -0.347 e. The Morgan fingerprint density at radius 2 is 1.85 bits per heavy atom. The zero-order chi connectivity index (χ0) is 18.7. The number of carbonyl (C=O) groups is 1. The SMILES string of the molecule is N#Cc1ccccc1Nc1ccc(C(=O)N2CCC3(CC2)OCCO3)nn1. The molecule has 1 aromatic heterocycles. The summed E-state index contributed by atoms with van der Waals surface area (Å²) in [7, 11) is 0. The Morgan fingerprint density at radius 3 is 2.52 bits per heavy atom. The average molecular weight is 365 g/mol. The molecule has 2 aliphatic rings. The maximum atomic E-state index is 12.7. The largest absolute Gasteiger partial charge is 0.347 e. The van der Waals surface area contributed by atoms with Crippen molar-refractivity contribution >= 4 is 17.4 Å². The number of piperidine rings is 1. The van der Waals surface area contributed by atoms with Crippen molar-refractivity contribution < 1.29 is 14.3 Å². The van der Waals surface area contributed by atoms with Crippen molar-refractivity contribution in [3.8, 4) is 6.07 Å². The topological polar surface area (TPSA) is 100 Å². The highest BCUT2D eigenvalue weighted by molar-refractivity contribution is 5.92. The number of carbonyl (C=O) groups excluding carboxylic acids is 1. The van der Waals surface area contributed by atoms with E-state index < -0.39 is 5.79 Å². The standard InChI is InChI=1S/C19H19N5O3/c20-13-14-3-1-2-4-15(14)21-17-6-5-16(22-23-17)18(25)24-9-7-19(8-10-24)26-11-12-27-19/h1-6H,7-12H2,(H,21,23). The van der Waals surface area contributed by atoms with Gasteiger partial charge in [0.2, 0.25) is 0 Å². The van der Waals surface area contributed by atoms with Gasteiger partial charge in [-0.05, 0) is 24.3 Å². The van der Waals surface area contributed by atoms with Gasteiger partial charge in [-0.25, -0.2) is 0 Å². The molecule has 0 radical (unpaired) electrons. The molecule has 2 fully saturated rings. The van der Waals surface area contributed by atoms with Crippen LogP contribution < -0.4 is 5.32 Å². The van der Waals surface area contributed by atoms with Crippen molar-refractivity contribution in [1.82, 2.24) is 15.1 Å². The van der Waals surface area contributed by atoms with E-state index in [1.807, 2.05) is 6.07 Å². The highest BCUT2D eigenvalue weighted by atomic mass is 16.7. The maximum Gasteiger partial charge on any atom is 0.274 e. The Balaban J connectivity index is 1.40. The van der Waals surface area contributed by atoms with Gasteiger partial charge in [-0.15, -0.1) is 10.2 Å². The summed E-state index contributed by atoms with van der Waals surface area (Å²) in [5.74, 6) is -0.191. The fourth-order valence-corrected chi connectivity index (χ4v) is 3.34. The third-order valence-corrected chi connectivity index (χ3v) is 4.82. The number of aromatic nitrogens is 2. The molecule has 2 aromatic rings. The lowest BCUT2D eigenvalue weighted by atomic mass is 10.0. The van der Waals surface area contributed by atoms with Crippen LogP contribution in [-0.4, -0.2) is 53.1 Å². The molecular weight excluding hydrogens is 346 g/mol. The average Bonchev–Trinajstić information content (AvgIpc) is 3.17. The van der Waals surface area contributed by atoms with Crippen molar-refractivity contribution in [1.29, 1.82) is 5.26 Å². The van der Waals surface area contributed by atoms with Crippen LogP contribution in [0.25, 0.3) is 0 Å². The number of amides is 1. The summed E-state index contributed by atoms with van der Waals surface area (Å²) in [4.78, 5) is 14.4. The lowest BCUT2D eigenvalue weighted by Crippen LogP contribution is -2.47. The zero-order valence-electron chi connectivity index (χ0n) is 14.7. The molecule has 1 aromatic carbocycles. The lowest BCUT2D eigenvalue weighted by molar-refractivity contribution is -0.181. The predicted octanol–water partition coefficient (Wildman–Crippen LogP) is 2.07. The van der Waals surface area contributed by atoms with E-state index >= 15 is 0 Å². The van der Waals surface area contributed by atoms with Crippen LogP contribution in [0.3, 0.4) is 0 Å². The van der Waals surface area contributed by atoms with Crippen LogP contribution in [0.4, 0.5) is 11.5 Å². The zero-order valence-corrected chi connectivity index (χ0v) is 14.7. The molecule has 1 N–H and O–H groups in total. The molecule has 0 saturated carbocycles. The van der Waals surface area contributed by atoms with Crippen molar-refractivity contribution in [3.05, 3.63) is 47.7 Å². The van der Waals surface area contributed by atoms with Crippen molar-refractivity contribution in [2.45, 2.75) is 18.6 Å². The van der Waals surface area contributed by atoms with Crippen LogP contribution in [0.2, 0.25) is 0 Å². The second-order valence-corrected chi connectivity index (χ2v) is 6.49. The van der Waals surface area contributed by atoms with E-state index in [2.05, 4.69) is 21.6 Å². The van der Waals surface area contributed by atoms with Crippen LogP contribution in [-0.2, 0) is 9.47 Å². The van der Waals surface area contributed by atoms with Gasteiger partial charge >= 0.3 is 0 Å². The van der Waals surface area contributed by atoms with Gasteiger partial charge in [0.15, 0.2) is 17.3 Å². The van der Waals surface area contributed by atoms with Gasteiger partial charge in [0, 0.05) is 25.9 Å². The molecule has 0 atom stereocenters. The monoisotopic (exact) mass is 365 g/mol. The fourth-order valence-electron chi connectivity index (χ4n) is 3.34. The number of rotatable bonds is 3. The summed E-state index contributed by atoms with van der Waals surface area (Å²) < 4.78 is 11.4. The van der Waals surface area contributed by atoms with E-state index in [0.29, 0.717) is 61.9 Å². The first-order valence-electron chi connectivity index (χ1n) is 8.86. The lowest BCUT2D eigenvalue weighted by Gasteiger charge is -2.37. The minimum atomic E-state index is -0.510. The number of likely N-dealkylation sites (tertiary alicyclic amines) is 1. The van der Waals surface area contributed by atoms with Gasteiger partial charge in [0.05, 0.1) is 24.5 Å². The van der Waals surface area contributed by atoms with Crippen LogP contribution >= 0.6 is 0 Å². The van der Waals surface area contributed by atoms with E-state index in [-0.39, 0.29) is 5.91 Å². The molecule has 0 bridgehead atoms. The van der Waals surface area contributed by atoms with E-state index in [0.717, 1.165) is 0 Å². The Hall–Kier alpha value is -3.02. The normalized spacial score (nSPS) is 18.3. The third kappa shape index (κ3) is 3.60. The van der Waals surface area contributed by atoms with Crippen LogP contribution in [0, 0.1) is 11.3 Å². The number of benzene rings is 1. The second-order valence-electron chi connectivity index (χ2n) is 6.49. The van der Waals surface area contributed by atoms with E-state index in [1.54, 1.807) is 35.2 Å². The van der Waals surface area contributed by atoms with E-state index in [1.165, 1.54) is 0 Å². The molecule has 138 valence electrons. The summed E-state index contributed by atoms with van der Waals surface area (Å²) in [6.45, 7) is 2.36. The highest BCUT2D eigenvalue weighted by Crippen LogP contribution is 2.31. The predicted molar refractivity (Wildman–Crippen MR) is 96.2 cm³/mol. The van der Waals surface area contributed by atoms with Gasteiger partial charge in [0.1, 0.15) is 6.07 Å². The molecule has 1 amide bonds. The summed E-state index contributed by atoms with van der Waals surface area (Å²) in [5.41, 5.74) is 1.45. The number of para-hydroxylation sites is 1. The summed E-state index contributed by atoms with van der Waals surface area (Å²) in [6, 6.07) is 12.6. The minimum absolute atomic E-state index is 0.153. The van der Waals surface area contributed by atoms with Gasteiger partial charge in [0.25, 0.3) is 5.91 Å². The number of hydrogen-bond donors (Lipinski definition) is 1. The van der Waals surface area contributed by atoms with Gasteiger partial charge < -0.3 is 19.7 Å². The third-order valence-electron chi connectivity index (χ3n) is 4.82. The van der Waals surface area contributed by atoms with Gasteiger partial charge in [-0.3, -0.25) is 4.79 Å². The molecule has 2 saturated heterocycles.